The van der Waals surface area contributed by atoms with Gasteiger partial charge >= 0.3 is 0 Å². The normalized spacial score (nSPS) is 13.6. The third-order valence-corrected chi connectivity index (χ3v) is 3.49. The highest BCUT2D eigenvalue weighted by Crippen LogP contribution is 2.15. The average Bonchev–Trinajstić information content (AvgIpc) is 2.30. The average molecular weight is 281 g/mol. The second-order valence-electron chi connectivity index (χ2n) is 3.54. The molecule has 0 aromatic heterocycles. The Morgan fingerprint density at radius 3 is 2.72 bits per heavy atom. The Balaban J connectivity index is 2.83. The number of sulfonamides is 1. The lowest BCUT2D eigenvalue weighted by atomic mass is 10.3. The van der Waals surface area contributed by atoms with Gasteiger partial charge in [-0.25, -0.2) is 21.9 Å². The highest BCUT2D eigenvalue weighted by atomic mass is 32.2. The number of methoxy groups -OCH3 is 1. The summed E-state index contributed by atoms with van der Waals surface area (Å²) in [5.41, 5.74) is 0. The van der Waals surface area contributed by atoms with Crippen LogP contribution in [0, 0.1) is 11.6 Å². The highest BCUT2D eigenvalue weighted by molar-refractivity contribution is 7.89. The number of aliphatic hydroxyl groups excluding tert-OH is 1. The summed E-state index contributed by atoms with van der Waals surface area (Å²) < 4.78 is 56.0. The van der Waals surface area contributed by atoms with Crippen LogP contribution in [0.5, 0.6) is 0 Å². The predicted octanol–water partition coefficient (Wildman–Crippen LogP) is 0.250. The first-order valence-corrected chi connectivity index (χ1v) is 6.47. The molecule has 1 atom stereocenters. The van der Waals surface area contributed by atoms with Crippen LogP contribution in [0.2, 0.25) is 0 Å². The molecule has 0 bridgehead atoms. The summed E-state index contributed by atoms with van der Waals surface area (Å²) in [4.78, 5) is -0.799. The predicted molar refractivity (Wildman–Crippen MR) is 59.4 cm³/mol. The molecule has 102 valence electrons. The van der Waals surface area contributed by atoms with Crippen LogP contribution in [0.1, 0.15) is 0 Å². The van der Waals surface area contributed by atoms with E-state index in [-0.39, 0.29) is 13.2 Å². The van der Waals surface area contributed by atoms with Crippen LogP contribution in [-0.4, -0.2) is 39.9 Å². The summed E-state index contributed by atoms with van der Waals surface area (Å²) in [5.74, 6) is -1.93. The second-order valence-corrected chi connectivity index (χ2v) is 5.27. The maximum Gasteiger partial charge on any atom is 0.243 e. The van der Waals surface area contributed by atoms with E-state index >= 15 is 0 Å². The minimum atomic E-state index is -4.21. The van der Waals surface area contributed by atoms with Crippen molar-refractivity contribution in [2.24, 2.45) is 0 Å². The van der Waals surface area contributed by atoms with Gasteiger partial charge in [0.1, 0.15) is 16.5 Å². The SMILES string of the molecule is COCC(O)CNS(=O)(=O)c1cc(F)ccc1F. The van der Waals surface area contributed by atoms with Crippen molar-refractivity contribution in [3.8, 4) is 0 Å². The van der Waals surface area contributed by atoms with E-state index in [0.29, 0.717) is 6.07 Å². The standard InChI is InChI=1S/C10H13F2NO4S/c1-17-6-8(14)5-13-18(15,16)10-4-7(11)2-3-9(10)12/h2-4,8,13-14H,5-6H2,1H3. The molecule has 0 amide bonds. The largest absolute Gasteiger partial charge is 0.389 e. The lowest BCUT2D eigenvalue weighted by molar-refractivity contribution is 0.0679. The Kier molecular flexibility index (Phi) is 5.15. The minimum absolute atomic E-state index is 0.0752. The molecule has 0 heterocycles. The number of hydrogen-bond donors (Lipinski definition) is 2. The van der Waals surface area contributed by atoms with Gasteiger partial charge in [0.25, 0.3) is 0 Å². The lowest BCUT2D eigenvalue weighted by Gasteiger charge is -2.11. The Morgan fingerprint density at radius 1 is 1.44 bits per heavy atom. The van der Waals surface area contributed by atoms with E-state index in [1.54, 1.807) is 0 Å². The molecule has 0 spiro atoms. The van der Waals surface area contributed by atoms with Gasteiger partial charge in [0.05, 0.1) is 12.7 Å². The zero-order chi connectivity index (χ0) is 13.8. The maximum atomic E-state index is 13.3. The van der Waals surface area contributed by atoms with Gasteiger partial charge in [-0.2, -0.15) is 0 Å². The summed E-state index contributed by atoms with van der Waals surface area (Å²) in [6.45, 7) is -0.430. The van der Waals surface area contributed by atoms with E-state index in [0.717, 1.165) is 12.1 Å². The summed E-state index contributed by atoms with van der Waals surface area (Å²) >= 11 is 0. The fraction of sp³-hybridized carbons (Fsp3) is 0.400. The molecule has 0 saturated carbocycles. The third kappa shape index (κ3) is 3.98. The summed E-state index contributed by atoms with van der Waals surface area (Å²) in [6.07, 6.45) is -1.07. The lowest BCUT2D eigenvalue weighted by Crippen LogP contribution is -2.34. The monoisotopic (exact) mass is 281 g/mol. The maximum absolute atomic E-state index is 13.3. The molecule has 0 radical (unpaired) electrons. The van der Waals surface area contributed by atoms with Gasteiger partial charge in [0.15, 0.2) is 0 Å². The molecule has 1 aromatic rings. The van der Waals surface area contributed by atoms with Crippen molar-refractivity contribution in [3.63, 3.8) is 0 Å². The van der Waals surface area contributed by atoms with Crippen LogP contribution in [0.15, 0.2) is 23.1 Å². The highest BCUT2D eigenvalue weighted by Gasteiger charge is 2.20. The Bertz CT molecular complexity index is 507. The fourth-order valence-electron chi connectivity index (χ4n) is 1.22. The van der Waals surface area contributed by atoms with E-state index in [9.17, 15) is 22.3 Å². The van der Waals surface area contributed by atoms with Crippen molar-refractivity contribution in [1.82, 2.24) is 4.72 Å². The summed E-state index contributed by atoms with van der Waals surface area (Å²) in [6, 6.07) is 2.10. The second kappa shape index (κ2) is 6.19. The zero-order valence-corrected chi connectivity index (χ0v) is 10.4. The molecule has 5 nitrogen and oxygen atoms in total. The van der Waals surface area contributed by atoms with Crippen LogP contribution in [-0.2, 0) is 14.8 Å². The number of hydrogen-bond acceptors (Lipinski definition) is 4. The Labute approximate surface area is 103 Å². The van der Waals surface area contributed by atoms with Crippen molar-refractivity contribution in [3.05, 3.63) is 29.8 Å². The number of benzene rings is 1. The van der Waals surface area contributed by atoms with Gasteiger partial charge < -0.3 is 9.84 Å². The zero-order valence-electron chi connectivity index (χ0n) is 9.56. The molecule has 1 rings (SSSR count). The van der Waals surface area contributed by atoms with E-state index in [1.165, 1.54) is 7.11 Å². The first-order valence-electron chi connectivity index (χ1n) is 4.98. The smallest absolute Gasteiger partial charge is 0.243 e. The van der Waals surface area contributed by atoms with Crippen LogP contribution in [0.3, 0.4) is 0 Å². The van der Waals surface area contributed by atoms with Crippen molar-refractivity contribution in [1.29, 1.82) is 0 Å². The molecule has 0 aliphatic heterocycles. The van der Waals surface area contributed by atoms with Crippen molar-refractivity contribution >= 4 is 10.0 Å². The van der Waals surface area contributed by atoms with Gasteiger partial charge in [0, 0.05) is 13.7 Å². The third-order valence-electron chi connectivity index (χ3n) is 2.05. The van der Waals surface area contributed by atoms with E-state index in [4.69, 9.17) is 0 Å². The van der Waals surface area contributed by atoms with Gasteiger partial charge in [-0.3, -0.25) is 0 Å². The van der Waals surface area contributed by atoms with E-state index in [2.05, 4.69) is 4.74 Å². The minimum Gasteiger partial charge on any atom is -0.389 e. The van der Waals surface area contributed by atoms with Crippen LogP contribution < -0.4 is 4.72 Å². The topological polar surface area (TPSA) is 75.6 Å². The quantitative estimate of drug-likeness (QED) is 0.784. The molecule has 1 aromatic carbocycles. The van der Waals surface area contributed by atoms with E-state index < -0.39 is 32.7 Å². The Morgan fingerprint density at radius 2 is 2.11 bits per heavy atom. The molecular formula is C10H13F2NO4S. The number of rotatable bonds is 6. The fourth-order valence-corrected chi connectivity index (χ4v) is 2.38. The van der Waals surface area contributed by atoms with Crippen molar-refractivity contribution in [2.45, 2.75) is 11.0 Å². The number of halogens is 2. The molecule has 0 aliphatic rings. The number of aliphatic hydroxyl groups is 1. The molecule has 0 aliphatic carbocycles. The first-order chi connectivity index (χ1) is 8.36. The molecule has 8 heteroatoms. The first kappa shape index (κ1) is 15.0. The van der Waals surface area contributed by atoms with Crippen molar-refractivity contribution in [2.75, 3.05) is 20.3 Å². The number of ether oxygens (including phenoxy) is 1. The molecule has 0 saturated heterocycles. The summed E-state index contributed by atoms with van der Waals surface area (Å²) in [7, 11) is -2.87. The van der Waals surface area contributed by atoms with Gasteiger partial charge in [-0.1, -0.05) is 0 Å². The van der Waals surface area contributed by atoms with Gasteiger partial charge in [-0.05, 0) is 18.2 Å². The molecule has 1 unspecified atom stereocenters. The Hall–Kier alpha value is -1.09. The molecular weight excluding hydrogens is 268 g/mol. The summed E-state index contributed by atoms with van der Waals surface area (Å²) in [5, 5.41) is 9.26. The molecule has 18 heavy (non-hydrogen) atoms. The molecule has 0 fully saturated rings. The van der Waals surface area contributed by atoms with Gasteiger partial charge in [0.2, 0.25) is 10.0 Å². The molecule has 2 N–H and O–H groups in total. The van der Waals surface area contributed by atoms with Crippen LogP contribution >= 0.6 is 0 Å². The van der Waals surface area contributed by atoms with Crippen LogP contribution in [0.4, 0.5) is 8.78 Å². The van der Waals surface area contributed by atoms with Crippen molar-refractivity contribution < 1.29 is 27.0 Å². The van der Waals surface area contributed by atoms with Crippen LogP contribution in [0.25, 0.3) is 0 Å². The van der Waals surface area contributed by atoms with E-state index in [1.807, 2.05) is 4.72 Å². The number of nitrogens with one attached hydrogen (secondary N) is 1. The van der Waals surface area contributed by atoms with Gasteiger partial charge in [-0.15, -0.1) is 0 Å².